The summed E-state index contributed by atoms with van der Waals surface area (Å²) in [6.45, 7) is 4.27. The van der Waals surface area contributed by atoms with Crippen LogP contribution < -0.4 is 0 Å². The van der Waals surface area contributed by atoms with E-state index in [4.69, 9.17) is 5.11 Å². The second kappa shape index (κ2) is 6.38. The van der Waals surface area contributed by atoms with Crippen LogP contribution in [-0.2, 0) is 0 Å². The molecule has 14 heavy (non-hydrogen) atoms. The molecule has 0 saturated heterocycles. The van der Waals surface area contributed by atoms with Crippen LogP contribution in [-0.4, -0.2) is 47.0 Å². The summed E-state index contributed by atoms with van der Waals surface area (Å²) in [4.78, 5) is 2.37. The summed E-state index contributed by atoms with van der Waals surface area (Å²) in [7, 11) is 0. The maximum absolute atomic E-state index is 9.40. The predicted molar refractivity (Wildman–Crippen MR) is 57.2 cm³/mol. The molecule has 1 fully saturated rings. The first-order valence-corrected chi connectivity index (χ1v) is 5.81. The maximum Gasteiger partial charge on any atom is 0.0558 e. The molecule has 0 aromatic heterocycles. The number of aliphatic hydroxyl groups excluding tert-OH is 2. The highest BCUT2D eigenvalue weighted by molar-refractivity contribution is 4.79. The minimum Gasteiger partial charge on any atom is -0.395 e. The molecule has 1 aliphatic rings. The van der Waals surface area contributed by atoms with Gasteiger partial charge in [-0.2, -0.15) is 0 Å². The van der Waals surface area contributed by atoms with E-state index < -0.39 is 0 Å². The lowest BCUT2D eigenvalue weighted by atomic mass is 9.92. The van der Waals surface area contributed by atoms with E-state index in [2.05, 4.69) is 11.8 Å². The van der Waals surface area contributed by atoms with Crippen molar-refractivity contribution in [1.82, 2.24) is 4.90 Å². The molecule has 0 aromatic rings. The summed E-state index contributed by atoms with van der Waals surface area (Å²) < 4.78 is 0. The van der Waals surface area contributed by atoms with Gasteiger partial charge in [-0.05, 0) is 38.6 Å². The average molecular weight is 201 g/mol. The van der Waals surface area contributed by atoms with Crippen molar-refractivity contribution in [2.75, 3.05) is 19.7 Å². The van der Waals surface area contributed by atoms with Gasteiger partial charge >= 0.3 is 0 Å². The quantitative estimate of drug-likeness (QED) is 0.697. The molecule has 1 rings (SSSR count). The fourth-order valence-corrected chi connectivity index (χ4v) is 2.32. The highest BCUT2D eigenvalue weighted by atomic mass is 16.3. The van der Waals surface area contributed by atoms with Crippen LogP contribution in [0.4, 0.5) is 0 Å². The first-order valence-electron chi connectivity index (χ1n) is 5.81. The van der Waals surface area contributed by atoms with Crippen LogP contribution in [0.15, 0.2) is 0 Å². The van der Waals surface area contributed by atoms with E-state index in [0.717, 1.165) is 45.2 Å². The Bertz CT molecular complexity index is 138. The molecule has 0 bridgehead atoms. The van der Waals surface area contributed by atoms with Crippen LogP contribution in [0, 0.1) is 0 Å². The third kappa shape index (κ3) is 3.56. The lowest BCUT2D eigenvalue weighted by Gasteiger charge is -2.35. The zero-order valence-electron chi connectivity index (χ0n) is 9.15. The molecular weight excluding hydrogens is 178 g/mol. The number of nitrogens with zero attached hydrogens (tertiary/aromatic N) is 1. The molecular formula is C11H23NO2. The Morgan fingerprint density at radius 2 is 1.79 bits per heavy atom. The van der Waals surface area contributed by atoms with Crippen LogP contribution in [0.25, 0.3) is 0 Å². The molecule has 0 radical (unpaired) electrons. The predicted octanol–water partition coefficient (Wildman–Crippen LogP) is 0.994. The minimum atomic E-state index is -0.0798. The van der Waals surface area contributed by atoms with Crippen LogP contribution >= 0.6 is 0 Å². The van der Waals surface area contributed by atoms with E-state index >= 15 is 0 Å². The molecule has 1 saturated carbocycles. The van der Waals surface area contributed by atoms with Gasteiger partial charge in [0.1, 0.15) is 0 Å². The van der Waals surface area contributed by atoms with E-state index in [1.807, 2.05) is 0 Å². The van der Waals surface area contributed by atoms with Gasteiger partial charge in [0.15, 0.2) is 0 Å². The Labute approximate surface area is 86.7 Å². The van der Waals surface area contributed by atoms with Crippen LogP contribution in [0.5, 0.6) is 0 Å². The lowest BCUT2D eigenvalue weighted by molar-refractivity contribution is 0.0650. The van der Waals surface area contributed by atoms with Gasteiger partial charge in [-0.25, -0.2) is 0 Å². The molecule has 0 aliphatic heterocycles. The van der Waals surface area contributed by atoms with E-state index in [1.54, 1.807) is 0 Å². The van der Waals surface area contributed by atoms with Crippen molar-refractivity contribution < 1.29 is 10.2 Å². The van der Waals surface area contributed by atoms with E-state index in [1.165, 1.54) is 0 Å². The third-order valence-corrected chi connectivity index (χ3v) is 3.08. The van der Waals surface area contributed by atoms with Crippen molar-refractivity contribution in [1.29, 1.82) is 0 Å². The van der Waals surface area contributed by atoms with Gasteiger partial charge in [0.25, 0.3) is 0 Å². The molecule has 3 heteroatoms. The number of hydrogen-bond donors (Lipinski definition) is 2. The molecule has 0 heterocycles. The highest BCUT2D eigenvalue weighted by Crippen LogP contribution is 2.22. The van der Waals surface area contributed by atoms with Crippen molar-refractivity contribution in [3.63, 3.8) is 0 Å². The van der Waals surface area contributed by atoms with Crippen LogP contribution in [0.3, 0.4) is 0 Å². The number of rotatable bonds is 5. The van der Waals surface area contributed by atoms with Gasteiger partial charge in [0.05, 0.1) is 12.7 Å². The Morgan fingerprint density at radius 1 is 1.14 bits per heavy atom. The van der Waals surface area contributed by atoms with Gasteiger partial charge in [-0.1, -0.05) is 6.92 Å². The monoisotopic (exact) mass is 201 g/mol. The Kier molecular flexibility index (Phi) is 5.45. The summed E-state index contributed by atoms with van der Waals surface area (Å²) in [6, 6.07) is 0.588. The largest absolute Gasteiger partial charge is 0.395 e. The van der Waals surface area contributed by atoms with Crippen LogP contribution in [0.2, 0.25) is 0 Å². The van der Waals surface area contributed by atoms with Gasteiger partial charge < -0.3 is 10.2 Å². The van der Waals surface area contributed by atoms with Gasteiger partial charge in [-0.3, -0.25) is 4.90 Å². The van der Waals surface area contributed by atoms with Crippen molar-refractivity contribution in [3.8, 4) is 0 Å². The van der Waals surface area contributed by atoms with E-state index in [-0.39, 0.29) is 12.7 Å². The van der Waals surface area contributed by atoms with Crippen LogP contribution in [0.1, 0.15) is 39.0 Å². The van der Waals surface area contributed by atoms with E-state index in [0.29, 0.717) is 6.04 Å². The first-order chi connectivity index (χ1) is 6.77. The summed E-state index contributed by atoms with van der Waals surface area (Å²) in [6.07, 6.45) is 5.08. The summed E-state index contributed by atoms with van der Waals surface area (Å²) >= 11 is 0. The Morgan fingerprint density at radius 3 is 2.29 bits per heavy atom. The summed E-state index contributed by atoms with van der Waals surface area (Å²) in [5.74, 6) is 0. The molecule has 0 aromatic carbocycles. The van der Waals surface area contributed by atoms with Crippen molar-refractivity contribution in [3.05, 3.63) is 0 Å². The van der Waals surface area contributed by atoms with Gasteiger partial charge in [0, 0.05) is 12.6 Å². The average Bonchev–Trinajstić information content (AvgIpc) is 2.19. The Hall–Kier alpha value is -0.120. The summed E-state index contributed by atoms with van der Waals surface area (Å²) in [5, 5.41) is 18.4. The first kappa shape index (κ1) is 12.0. The lowest BCUT2D eigenvalue weighted by Crippen LogP contribution is -2.41. The SMILES string of the molecule is CCCN(CCO)C1CCC(O)CC1. The topological polar surface area (TPSA) is 43.7 Å². The molecule has 0 unspecified atom stereocenters. The van der Waals surface area contributed by atoms with Crippen molar-refractivity contribution >= 4 is 0 Å². The fraction of sp³-hybridized carbons (Fsp3) is 1.00. The third-order valence-electron chi connectivity index (χ3n) is 3.08. The standard InChI is InChI=1S/C11H23NO2/c1-2-7-12(8-9-13)10-3-5-11(14)6-4-10/h10-11,13-14H,2-9H2,1H3. The molecule has 3 nitrogen and oxygen atoms in total. The molecule has 0 atom stereocenters. The molecule has 84 valence electrons. The zero-order chi connectivity index (χ0) is 10.4. The van der Waals surface area contributed by atoms with Crippen molar-refractivity contribution in [2.24, 2.45) is 0 Å². The number of hydrogen-bond acceptors (Lipinski definition) is 3. The minimum absolute atomic E-state index is 0.0798. The highest BCUT2D eigenvalue weighted by Gasteiger charge is 2.23. The fourth-order valence-electron chi connectivity index (χ4n) is 2.32. The maximum atomic E-state index is 9.40. The van der Waals surface area contributed by atoms with Crippen molar-refractivity contribution in [2.45, 2.75) is 51.2 Å². The number of aliphatic hydroxyl groups is 2. The smallest absolute Gasteiger partial charge is 0.0558 e. The summed E-state index contributed by atoms with van der Waals surface area (Å²) in [5.41, 5.74) is 0. The molecule has 0 spiro atoms. The van der Waals surface area contributed by atoms with Gasteiger partial charge in [0.2, 0.25) is 0 Å². The van der Waals surface area contributed by atoms with E-state index in [9.17, 15) is 5.11 Å². The molecule has 1 aliphatic carbocycles. The normalized spacial score (nSPS) is 28.3. The molecule has 2 N–H and O–H groups in total. The van der Waals surface area contributed by atoms with Gasteiger partial charge in [-0.15, -0.1) is 0 Å². The molecule has 0 amide bonds. The Balaban J connectivity index is 2.34. The zero-order valence-corrected chi connectivity index (χ0v) is 9.15. The second-order valence-electron chi connectivity index (χ2n) is 4.22. The second-order valence-corrected chi connectivity index (χ2v) is 4.22.